The number of nitro benzene ring substituents is 2. The van der Waals surface area contributed by atoms with Crippen LogP contribution in [0.25, 0.3) is 0 Å². The molecule has 3 aliphatic rings. The molecule has 2 saturated heterocycles. The van der Waals surface area contributed by atoms with Crippen molar-refractivity contribution in [1.82, 2.24) is 19.6 Å². The smallest absolute Gasteiger partial charge is 0.391 e. The maximum Gasteiger partial charge on any atom is 0.391 e. The standard InChI is InChI=1S/C28H24Cl2N6O8/c1-43-23-19-13-31-25(37)33(15-29)28(18-11-7-4-8-12-18)27(31,17-9-5-3-6-10-17)32(26(38)34(28)16-30)14-20(19)24(44-2)22(36(41)42)21(23)35(39)40/h3-12H,13-16H2,1-2H3. The number of nitrogens with zero attached hydrogens (tertiary/aromatic N) is 6. The van der Waals surface area contributed by atoms with E-state index in [4.69, 9.17) is 32.7 Å². The van der Waals surface area contributed by atoms with Crippen molar-refractivity contribution in [2.75, 3.05) is 26.2 Å². The lowest BCUT2D eigenvalue weighted by atomic mass is 9.80. The first-order valence-electron chi connectivity index (χ1n) is 13.2. The third-order valence-electron chi connectivity index (χ3n) is 8.54. The van der Waals surface area contributed by atoms with Gasteiger partial charge < -0.3 is 9.47 Å². The molecule has 6 rings (SSSR count). The Labute approximate surface area is 260 Å². The number of hydrogen-bond donors (Lipinski definition) is 0. The molecule has 2 fully saturated rings. The fraction of sp³-hybridized carbons (Fsp3) is 0.286. The van der Waals surface area contributed by atoms with Gasteiger partial charge in [-0.2, -0.15) is 0 Å². The fourth-order valence-electron chi connectivity index (χ4n) is 7.10. The maximum absolute atomic E-state index is 14.6. The highest BCUT2D eigenvalue weighted by Gasteiger charge is 2.80. The van der Waals surface area contributed by atoms with Crippen molar-refractivity contribution in [2.45, 2.75) is 24.4 Å². The lowest BCUT2D eigenvalue weighted by molar-refractivity contribution is -0.423. The SMILES string of the molecule is COc1c2c(c(OC)c([N+](=O)[O-])c1[N+](=O)[O-])CN1C(=O)N(CCl)C3(c4ccccc4)N(CCl)C(=O)N(C2)C13c1ccccc1. The van der Waals surface area contributed by atoms with E-state index in [1.165, 1.54) is 19.6 Å². The van der Waals surface area contributed by atoms with Crippen LogP contribution in [0.2, 0.25) is 0 Å². The highest BCUT2D eigenvalue weighted by Crippen LogP contribution is 2.65. The van der Waals surface area contributed by atoms with Crippen molar-refractivity contribution >= 4 is 46.6 Å². The Hall–Kier alpha value is -4.82. The van der Waals surface area contributed by atoms with Gasteiger partial charge in [-0.3, -0.25) is 39.8 Å². The molecule has 0 atom stereocenters. The molecule has 4 amide bonds. The van der Waals surface area contributed by atoms with Crippen LogP contribution >= 0.6 is 23.2 Å². The molecule has 44 heavy (non-hydrogen) atoms. The van der Waals surface area contributed by atoms with Gasteiger partial charge in [0.2, 0.25) is 11.5 Å². The van der Waals surface area contributed by atoms with Crippen molar-refractivity contribution in [3.8, 4) is 11.5 Å². The number of alkyl halides is 2. The molecular formula is C28H24Cl2N6O8. The first-order chi connectivity index (χ1) is 21.2. The van der Waals surface area contributed by atoms with Crippen LogP contribution in [0.1, 0.15) is 22.3 Å². The number of halogens is 2. The lowest BCUT2D eigenvalue weighted by Crippen LogP contribution is -2.62. The van der Waals surface area contributed by atoms with Crippen LogP contribution in [0, 0.1) is 20.2 Å². The number of fused-ring (bicyclic) bond motifs is 1. The predicted molar refractivity (Wildman–Crippen MR) is 156 cm³/mol. The van der Waals surface area contributed by atoms with Gasteiger partial charge in [-0.1, -0.05) is 60.7 Å². The normalized spacial score (nSPS) is 22.1. The monoisotopic (exact) mass is 642 g/mol. The van der Waals surface area contributed by atoms with Crippen LogP contribution in [0.3, 0.4) is 0 Å². The molecule has 3 aromatic rings. The zero-order valence-corrected chi connectivity index (χ0v) is 24.8. The molecule has 0 unspecified atom stereocenters. The third-order valence-corrected chi connectivity index (χ3v) is 9.01. The molecule has 0 radical (unpaired) electrons. The van der Waals surface area contributed by atoms with Crippen LogP contribution in [0.5, 0.6) is 11.5 Å². The number of carbonyl (C=O) groups is 2. The van der Waals surface area contributed by atoms with Crippen molar-refractivity contribution in [3.63, 3.8) is 0 Å². The van der Waals surface area contributed by atoms with E-state index in [0.29, 0.717) is 11.1 Å². The van der Waals surface area contributed by atoms with Crippen LogP contribution in [-0.4, -0.2) is 67.7 Å². The van der Waals surface area contributed by atoms with E-state index in [1.54, 1.807) is 60.7 Å². The van der Waals surface area contributed by atoms with E-state index in [-0.39, 0.29) is 36.2 Å². The maximum atomic E-state index is 14.6. The molecule has 3 aliphatic heterocycles. The van der Waals surface area contributed by atoms with Gasteiger partial charge in [-0.25, -0.2) is 9.59 Å². The number of carbonyl (C=O) groups excluding carboxylic acids is 2. The number of methoxy groups -OCH3 is 2. The van der Waals surface area contributed by atoms with Crippen LogP contribution in [0.15, 0.2) is 60.7 Å². The predicted octanol–water partition coefficient (Wildman–Crippen LogP) is 5.11. The van der Waals surface area contributed by atoms with Crippen molar-refractivity contribution in [2.24, 2.45) is 0 Å². The Morgan fingerprint density at radius 3 is 1.39 bits per heavy atom. The lowest BCUT2D eigenvalue weighted by Gasteiger charge is -2.49. The summed E-state index contributed by atoms with van der Waals surface area (Å²) >= 11 is 13.1. The number of nitro groups is 2. The minimum absolute atomic E-state index is 0.0725. The highest BCUT2D eigenvalue weighted by atomic mass is 35.5. The largest absolute Gasteiger partial charge is 0.490 e. The van der Waals surface area contributed by atoms with Gasteiger partial charge in [-0.05, 0) is 0 Å². The summed E-state index contributed by atoms with van der Waals surface area (Å²) in [7, 11) is 2.28. The second kappa shape index (κ2) is 10.4. The number of benzene rings is 3. The Kier molecular flexibility index (Phi) is 6.93. The average Bonchev–Trinajstić information content (AvgIpc) is 3.28. The quantitative estimate of drug-likeness (QED) is 0.142. The van der Waals surface area contributed by atoms with E-state index in [2.05, 4.69) is 0 Å². The Bertz CT molecular complexity index is 1630. The third kappa shape index (κ3) is 3.37. The molecule has 0 bridgehead atoms. The van der Waals surface area contributed by atoms with E-state index in [1.807, 2.05) is 0 Å². The van der Waals surface area contributed by atoms with Gasteiger partial charge in [0.15, 0.2) is 11.3 Å². The van der Waals surface area contributed by atoms with Gasteiger partial charge in [-0.15, -0.1) is 23.2 Å². The summed E-state index contributed by atoms with van der Waals surface area (Å²) in [4.78, 5) is 57.5. The van der Waals surface area contributed by atoms with Crippen molar-refractivity contribution in [1.29, 1.82) is 0 Å². The summed E-state index contributed by atoms with van der Waals surface area (Å²) in [5.41, 5.74) is -4.06. The minimum Gasteiger partial charge on any atom is -0.490 e. The number of ether oxygens (including phenoxy) is 2. The molecule has 0 N–H and O–H groups in total. The first kappa shape index (κ1) is 29.3. The van der Waals surface area contributed by atoms with Gasteiger partial charge in [0.25, 0.3) is 0 Å². The fourth-order valence-corrected chi connectivity index (χ4v) is 7.65. The summed E-state index contributed by atoms with van der Waals surface area (Å²) in [5.74, 6) is -0.850. The van der Waals surface area contributed by atoms with Gasteiger partial charge in [0, 0.05) is 22.3 Å². The molecule has 0 spiro atoms. The van der Waals surface area contributed by atoms with Crippen molar-refractivity contribution < 1.29 is 28.9 Å². The Balaban J connectivity index is 1.81. The van der Waals surface area contributed by atoms with E-state index in [9.17, 15) is 29.8 Å². The summed E-state index contributed by atoms with van der Waals surface area (Å²) < 4.78 is 10.9. The van der Waals surface area contributed by atoms with Gasteiger partial charge >= 0.3 is 23.4 Å². The molecular weight excluding hydrogens is 619 g/mol. The van der Waals surface area contributed by atoms with Crippen LogP contribution < -0.4 is 9.47 Å². The molecule has 3 aromatic carbocycles. The molecule has 16 heteroatoms. The second-order valence-electron chi connectivity index (χ2n) is 10.1. The Morgan fingerprint density at radius 2 is 1.07 bits per heavy atom. The van der Waals surface area contributed by atoms with Crippen molar-refractivity contribution in [3.05, 3.63) is 103 Å². The number of urea groups is 2. The zero-order valence-electron chi connectivity index (χ0n) is 23.3. The topological polar surface area (TPSA) is 152 Å². The summed E-state index contributed by atoms with van der Waals surface area (Å²) in [6.45, 7) is -0.743. The summed E-state index contributed by atoms with van der Waals surface area (Å²) in [5, 5.41) is 24.6. The van der Waals surface area contributed by atoms with E-state index < -0.39 is 56.1 Å². The van der Waals surface area contributed by atoms with Gasteiger partial charge in [0.1, 0.15) is 12.0 Å². The molecule has 0 aliphatic carbocycles. The van der Waals surface area contributed by atoms with E-state index in [0.717, 1.165) is 14.2 Å². The number of rotatable bonds is 8. The van der Waals surface area contributed by atoms with E-state index >= 15 is 0 Å². The second-order valence-corrected chi connectivity index (χ2v) is 10.6. The molecule has 0 aromatic heterocycles. The molecule has 228 valence electrons. The zero-order chi connectivity index (χ0) is 31.6. The number of hydrogen-bond acceptors (Lipinski definition) is 8. The number of amides is 4. The molecule has 14 nitrogen and oxygen atoms in total. The molecule has 0 saturated carbocycles. The summed E-state index contributed by atoms with van der Waals surface area (Å²) in [6, 6.07) is 15.6. The Morgan fingerprint density at radius 1 is 0.705 bits per heavy atom. The highest BCUT2D eigenvalue weighted by molar-refractivity contribution is 6.19. The van der Waals surface area contributed by atoms with Crippen LogP contribution in [0.4, 0.5) is 21.0 Å². The minimum atomic E-state index is -1.69. The first-order valence-corrected chi connectivity index (χ1v) is 14.2. The molecule has 3 heterocycles. The van der Waals surface area contributed by atoms with Gasteiger partial charge in [0.05, 0.1) is 37.2 Å². The van der Waals surface area contributed by atoms with Crippen LogP contribution in [-0.2, 0) is 24.4 Å². The average molecular weight is 643 g/mol. The summed E-state index contributed by atoms with van der Waals surface area (Å²) in [6.07, 6.45) is 0.